The SMILES string of the molecule is COc1ccccc1-c1cc2cnnc(Cc3ccncc3)c2cc1-c1ccccc1OC. The second-order valence-electron chi connectivity index (χ2n) is 7.71. The maximum atomic E-state index is 5.72. The number of hydrogen-bond acceptors (Lipinski definition) is 5. The summed E-state index contributed by atoms with van der Waals surface area (Å²) >= 11 is 0. The number of methoxy groups -OCH3 is 2. The van der Waals surface area contributed by atoms with E-state index >= 15 is 0 Å². The molecule has 0 aliphatic carbocycles. The first-order valence-electron chi connectivity index (χ1n) is 10.7. The number of rotatable bonds is 6. The van der Waals surface area contributed by atoms with Crippen molar-refractivity contribution in [3.8, 4) is 33.8 Å². The summed E-state index contributed by atoms with van der Waals surface area (Å²) in [5.74, 6) is 1.62. The molecule has 0 aliphatic heterocycles. The Morgan fingerprint density at radius 3 is 1.94 bits per heavy atom. The molecule has 5 nitrogen and oxygen atoms in total. The second kappa shape index (κ2) is 9.09. The van der Waals surface area contributed by atoms with E-state index in [0.717, 1.165) is 55.8 Å². The Hall–Kier alpha value is -4.25. The fourth-order valence-corrected chi connectivity index (χ4v) is 4.19. The Labute approximate surface area is 192 Å². The minimum atomic E-state index is 0.673. The van der Waals surface area contributed by atoms with Gasteiger partial charge in [0.1, 0.15) is 11.5 Å². The lowest BCUT2D eigenvalue weighted by atomic mass is 9.90. The van der Waals surface area contributed by atoms with Crippen LogP contribution in [0.15, 0.2) is 91.4 Å². The molecule has 3 aromatic carbocycles. The standard InChI is InChI=1S/C28H23N3O2/c1-32-27-9-5-3-7-21(27)24-16-20-18-30-31-26(15-19-11-13-29-14-12-19)23(20)17-25(24)22-8-4-6-10-28(22)33-2/h3-14,16-18H,15H2,1-2H3. The zero-order chi connectivity index (χ0) is 22.6. The van der Waals surface area contributed by atoms with Crippen molar-refractivity contribution in [3.05, 3.63) is 103 Å². The third-order valence-electron chi connectivity index (χ3n) is 5.79. The normalized spacial score (nSPS) is 10.8. The Balaban J connectivity index is 1.79. The summed E-state index contributed by atoms with van der Waals surface area (Å²) in [6.45, 7) is 0. The highest BCUT2D eigenvalue weighted by atomic mass is 16.5. The maximum Gasteiger partial charge on any atom is 0.126 e. The molecule has 0 bridgehead atoms. The molecule has 0 saturated carbocycles. The van der Waals surface area contributed by atoms with Gasteiger partial charge in [0.05, 0.1) is 26.1 Å². The summed E-state index contributed by atoms with van der Waals surface area (Å²) in [5.41, 5.74) is 6.17. The van der Waals surface area contributed by atoms with E-state index in [1.54, 1.807) is 26.6 Å². The smallest absolute Gasteiger partial charge is 0.126 e. The molecule has 0 atom stereocenters. The molecule has 0 N–H and O–H groups in total. The molecule has 0 amide bonds. The largest absolute Gasteiger partial charge is 0.496 e. The van der Waals surface area contributed by atoms with Crippen LogP contribution in [0.4, 0.5) is 0 Å². The highest BCUT2D eigenvalue weighted by molar-refractivity contribution is 5.99. The number of hydrogen-bond donors (Lipinski definition) is 0. The molecule has 0 aliphatic rings. The first-order valence-corrected chi connectivity index (χ1v) is 10.7. The van der Waals surface area contributed by atoms with Crippen LogP contribution >= 0.6 is 0 Å². The van der Waals surface area contributed by atoms with Gasteiger partial charge >= 0.3 is 0 Å². The van der Waals surface area contributed by atoms with E-state index in [2.05, 4.69) is 39.4 Å². The first-order chi connectivity index (χ1) is 16.3. The molecular weight excluding hydrogens is 410 g/mol. The average Bonchev–Trinajstić information content (AvgIpc) is 2.88. The van der Waals surface area contributed by atoms with E-state index in [-0.39, 0.29) is 0 Å². The van der Waals surface area contributed by atoms with Crippen LogP contribution in [0, 0.1) is 0 Å². The molecule has 5 rings (SSSR count). The molecule has 0 fully saturated rings. The second-order valence-corrected chi connectivity index (χ2v) is 7.71. The summed E-state index contributed by atoms with van der Waals surface area (Å²) in [6.07, 6.45) is 6.09. The zero-order valence-corrected chi connectivity index (χ0v) is 18.5. The van der Waals surface area contributed by atoms with Gasteiger partial charge in [-0.05, 0) is 53.1 Å². The van der Waals surface area contributed by atoms with Crippen molar-refractivity contribution in [1.82, 2.24) is 15.2 Å². The number of para-hydroxylation sites is 2. The number of aromatic nitrogens is 3. The molecule has 5 heteroatoms. The molecule has 33 heavy (non-hydrogen) atoms. The topological polar surface area (TPSA) is 57.1 Å². The van der Waals surface area contributed by atoms with Crippen LogP contribution in [-0.4, -0.2) is 29.4 Å². The summed E-state index contributed by atoms with van der Waals surface area (Å²) < 4.78 is 11.4. The number of fused-ring (bicyclic) bond motifs is 1. The Morgan fingerprint density at radius 1 is 0.697 bits per heavy atom. The molecule has 162 valence electrons. The van der Waals surface area contributed by atoms with Crippen molar-refractivity contribution in [2.45, 2.75) is 6.42 Å². The predicted molar refractivity (Wildman–Crippen MR) is 131 cm³/mol. The van der Waals surface area contributed by atoms with Crippen molar-refractivity contribution in [1.29, 1.82) is 0 Å². The van der Waals surface area contributed by atoms with E-state index in [4.69, 9.17) is 9.47 Å². The van der Waals surface area contributed by atoms with Gasteiger partial charge < -0.3 is 9.47 Å². The lowest BCUT2D eigenvalue weighted by Crippen LogP contribution is -1.99. The maximum absolute atomic E-state index is 5.72. The minimum absolute atomic E-state index is 0.673. The summed E-state index contributed by atoms with van der Waals surface area (Å²) in [6, 6.07) is 24.5. The fourth-order valence-electron chi connectivity index (χ4n) is 4.19. The lowest BCUT2D eigenvalue weighted by Gasteiger charge is -2.17. The number of pyridine rings is 1. The van der Waals surface area contributed by atoms with E-state index in [0.29, 0.717) is 6.42 Å². The van der Waals surface area contributed by atoms with Crippen molar-refractivity contribution in [3.63, 3.8) is 0 Å². The molecule has 5 aromatic rings. The number of ether oxygens (including phenoxy) is 2. The average molecular weight is 434 g/mol. The van der Waals surface area contributed by atoms with Gasteiger partial charge in [-0.3, -0.25) is 4.98 Å². The predicted octanol–water partition coefficient (Wildman–Crippen LogP) is 5.97. The quantitative estimate of drug-likeness (QED) is 0.330. The van der Waals surface area contributed by atoms with Gasteiger partial charge in [-0.1, -0.05) is 36.4 Å². The van der Waals surface area contributed by atoms with Crippen LogP contribution < -0.4 is 9.47 Å². The van der Waals surface area contributed by atoms with Gasteiger partial charge in [-0.15, -0.1) is 0 Å². The van der Waals surface area contributed by atoms with Crippen molar-refractivity contribution in [2.75, 3.05) is 14.2 Å². The van der Waals surface area contributed by atoms with Gasteiger partial charge in [0.25, 0.3) is 0 Å². The van der Waals surface area contributed by atoms with Crippen molar-refractivity contribution >= 4 is 10.8 Å². The van der Waals surface area contributed by atoms with Gasteiger partial charge in [-0.2, -0.15) is 10.2 Å². The van der Waals surface area contributed by atoms with E-state index in [1.807, 2.05) is 54.7 Å². The Morgan fingerprint density at radius 2 is 1.30 bits per heavy atom. The van der Waals surface area contributed by atoms with Crippen molar-refractivity contribution < 1.29 is 9.47 Å². The third kappa shape index (κ3) is 4.01. The van der Waals surface area contributed by atoms with Gasteiger partial charge in [-0.25, -0.2) is 0 Å². The molecular formula is C28H23N3O2. The number of benzene rings is 3. The van der Waals surface area contributed by atoms with E-state index < -0.39 is 0 Å². The van der Waals surface area contributed by atoms with Gasteiger partial charge in [0.15, 0.2) is 0 Å². The minimum Gasteiger partial charge on any atom is -0.496 e. The lowest BCUT2D eigenvalue weighted by molar-refractivity contribution is 0.416. The van der Waals surface area contributed by atoms with E-state index in [9.17, 15) is 0 Å². The molecule has 0 spiro atoms. The monoisotopic (exact) mass is 433 g/mol. The summed E-state index contributed by atoms with van der Waals surface area (Å²) in [4.78, 5) is 4.12. The van der Waals surface area contributed by atoms with Crippen molar-refractivity contribution in [2.24, 2.45) is 0 Å². The summed E-state index contributed by atoms with van der Waals surface area (Å²) in [5, 5.41) is 10.9. The highest BCUT2D eigenvalue weighted by Gasteiger charge is 2.17. The highest BCUT2D eigenvalue weighted by Crippen LogP contribution is 2.42. The van der Waals surface area contributed by atoms with E-state index in [1.165, 1.54) is 0 Å². The fraction of sp³-hybridized carbons (Fsp3) is 0.107. The van der Waals surface area contributed by atoms with Crippen LogP contribution in [0.5, 0.6) is 11.5 Å². The first kappa shape index (κ1) is 20.6. The van der Waals surface area contributed by atoms with Crippen LogP contribution in [0.2, 0.25) is 0 Å². The van der Waals surface area contributed by atoms with Crippen LogP contribution in [-0.2, 0) is 6.42 Å². The van der Waals surface area contributed by atoms with Crippen LogP contribution in [0.1, 0.15) is 11.3 Å². The molecule has 0 saturated heterocycles. The van der Waals surface area contributed by atoms with Crippen LogP contribution in [0.25, 0.3) is 33.0 Å². The third-order valence-corrected chi connectivity index (χ3v) is 5.79. The summed E-state index contributed by atoms with van der Waals surface area (Å²) in [7, 11) is 3.39. The van der Waals surface area contributed by atoms with Gasteiger partial charge in [0, 0.05) is 40.7 Å². The Bertz CT molecular complexity index is 1420. The molecule has 2 heterocycles. The molecule has 0 radical (unpaired) electrons. The molecule has 0 unspecified atom stereocenters. The van der Waals surface area contributed by atoms with Crippen LogP contribution in [0.3, 0.4) is 0 Å². The van der Waals surface area contributed by atoms with Gasteiger partial charge in [0.2, 0.25) is 0 Å². The molecule has 2 aromatic heterocycles. The Kier molecular flexibility index (Phi) is 5.68. The zero-order valence-electron chi connectivity index (χ0n) is 18.5. The number of nitrogens with zero attached hydrogens (tertiary/aromatic N) is 3.